The summed E-state index contributed by atoms with van der Waals surface area (Å²) in [5.74, 6) is 0. The third-order valence-electron chi connectivity index (χ3n) is 3.49. The molecular formula is C13H15NO. The molecule has 0 aliphatic heterocycles. The van der Waals surface area contributed by atoms with Gasteiger partial charge >= 0.3 is 0 Å². The first kappa shape index (κ1) is 8.98. The SMILES string of the molecule is OCC1(Cc2ccc3[nH]ccc3c2)CC1. The monoisotopic (exact) mass is 201 g/mol. The second-order valence-corrected chi connectivity index (χ2v) is 4.73. The molecule has 1 aromatic heterocycles. The average molecular weight is 201 g/mol. The fourth-order valence-corrected chi connectivity index (χ4v) is 2.21. The molecule has 1 saturated carbocycles. The molecule has 1 aromatic carbocycles. The Hall–Kier alpha value is -1.28. The van der Waals surface area contributed by atoms with Crippen molar-refractivity contribution >= 4 is 10.9 Å². The van der Waals surface area contributed by atoms with Crippen molar-refractivity contribution in [3.8, 4) is 0 Å². The van der Waals surface area contributed by atoms with Crippen LogP contribution in [0, 0.1) is 5.41 Å². The summed E-state index contributed by atoms with van der Waals surface area (Å²) in [5.41, 5.74) is 2.74. The standard InChI is InChI=1S/C13H15NO/c15-9-13(4-5-13)8-10-1-2-12-11(7-10)3-6-14-12/h1-3,6-7,14-15H,4-5,8-9H2. The molecule has 2 N–H and O–H groups in total. The van der Waals surface area contributed by atoms with Crippen LogP contribution in [0.1, 0.15) is 18.4 Å². The summed E-state index contributed by atoms with van der Waals surface area (Å²) in [4.78, 5) is 3.19. The highest BCUT2D eigenvalue weighted by molar-refractivity contribution is 5.79. The van der Waals surface area contributed by atoms with Crippen LogP contribution in [0.2, 0.25) is 0 Å². The highest BCUT2D eigenvalue weighted by atomic mass is 16.3. The molecule has 2 nitrogen and oxygen atoms in total. The minimum absolute atomic E-state index is 0.212. The Balaban J connectivity index is 1.91. The smallest absolute Gasteiger partial charge is 0.0490 e. The van der Waals surface area contributed by atoms with Crippen molar-refractivity contribution in [3.05, 3.63) is 36.0 Å². The number of aromatic amines is 1. The zero-order valence-electron chi connectivity index (χ0n) is 8.66. The van der Waals surface area contributed by atoms with E-state index < -0.39 is 0 Å². The molecule has 1 fully saturated rings. The van der Waals surface area contributed by atoms with E-state index in [1.165, 1.54) is 29.3 Å². The predicted octanol–water partition coefficient (Wildman–Crippen LogP) is 2.48. The van der Waals surface area contributed by atoms with Crippen LogP contribution in [-0.2, 0) is 6.42 Å². The maximum Gasteiger partial charge on any atom is 0.0490 e. The van der Waals surface area contributed by atoms with Gasteiger partial charge in [0.15, 0.2) is 0 Å². The summed E-state index contributed by atoms with van der Waals surface area (Å²) in [5, 5.41) is 10.5. The molecule has 2 heteroatoms. The van der Waals surface area contributed by atoms with E-state index in [2.05, 4.69) is 29.2 Å². The quantitative estimate of drug-likeness (QED) is 0.786. The van der Waals surface area contributed by atoms with Crippen molar-refractivity contribution in [2.75, 3.05) is 6.61 Å². The summed E-state index contributed by atoms with van der Waals surface area (Å²) in [6.45, 7) is 0.332. The van der Waals surface area contributed by atoms with Gasteiger partial charge in [-0.1, -0.05) is 6.07 Å². The van der Waals surface area contributed by atoms with E-state index in [1.54, 1.807) is 0 Å². The number of aliphatic hydroxyl groups excluding tert-OH is 1. The van der Waals surface area contributed by atoms with Crippen LogP contribution in [0.15, 0.2) is 30.5 Å². The molecule has 0 unspecified atom stereocenters. The first-order valence-corrected chi connectivity index (χ1v) is 5.48. The Morgan fingerprint density at radius 3 is 2.87 bits per heavy atom. The van der Waals surface area contributed by atoms with Gasteiger partial charge in [-0.05, 0) is 53.8 Å². The summed E-state index contributed by atoms with van der Waals surface area (Å²) in [7, 11) is 0. The predicted molar refractivity (Wildman–Crippen MR) is 60.8 cm³/mol. The fourth-order valence-electron chi connectivity index (χ4n) is 2.21. The van der Waals surface area contributed by atoms with Gasteiger partial charge in [-0.3, -0.25) is 0 Å². The van der Waals surface area contributed by atoms with Crippen molar-refractivity contribution < 1.29 is 5.11 Å². The minimum Gasteiger partial charge on any atom is -0.396 e. The van der Waals surface area contributed by atoms with E-state index in [4.69, 9.17) is 0 Å². The lowest BCUT2D eigenvalue weighted by atomic mass is 9.97. The van der Waals surface area contributed by atoms with Crippen LogP contribution in [0.25, 0.3) is 10.9 Å². The molecule has 0 amide bonds. The Kier molecular flexibility index (Phi) is 1.86. The second kappa shape index (κ2) is 3.11. The van der Waals surface area contributed by atoms with E-state index in [1.807, 2.05) is 6.20 Å². The number of aromatic nitrogens is 1. The molecule has 1 aliphatic carbocycles. The lowest BCUT2D eigenvalue weighted by Crippen LogP contribution is -2.09. The van der Waals surface area contributed by atoms with E-state index in [9.17, 15) is 5.11 Å². The zero-order chi connectivity index (χ0) is 10.3. The molecule has 2 aromatic rings. The van der Waals surface area contributed by atoms with Gasteiger partial charge < -0.3 is 10.1 Å². The third-order valence-corrected chi connectivity index (χ3v) is 3.49. The highest BCUT2D eigenvalue weighted by Crippen LogP contribution is 2.47. The Bertz CT molecular complexity index is 482. The number of benzene rings is 1. The first-order valence-electron chi connectivity index (χ1n) is 5.48. The number of H-pyrrole nitrogens is 1. The van der Waals surface area contributed by atoms with Gasteiger partial charge in [0.05, 0.1) is 0 Å². The highest BCUT2D eigenvalue weighted by Gasteiger charge is 2.41. The van der Waals surface area contributed by atoms with Gasteiger partial charge in [0.1, 0.15) is 0 Å². The summed E-state index contributed by atoms with van der Waals surface area (Å²) in [6, 6.07) is 8.60. The molecule has 15 heavy (non-hydrogen) atoms. The largest absolute Gasteiger partial charge is 0.396 e. The number of fused-ring (bicyclic) bond motifs is 1. The van der Waals surface area contributed by atoms with Gasteiger partial charge in [0.25, 0.3) is 0 Å². The summed E-state index contributed by atoms with van der Waals surface area (Å²) in [6.07, 6.45) is 5.33. The van der Waals surface area contributed by atoms with Crippen molar-refractivity contribution in [2.45, 2.75) is 19.3 Å². The van der Waals surface area contributed by atoms with Crippen LogP contribution < -0.4 is 0 Å². The number of nitrogens with one attached hydrogen (secondary N) is 1. The average Bonchev–Trinajstić information content (AvgIpc) is 2.88. The topological polar surface area (TPSA) is 36.0 Å². The van der Waals surface area contributed by atoms with Gasteiger partial charge in [0, 0.05) is 18.3 Å². The van der Waals surface area contributed by atoms with Crippen LogP contribution >= 0.6 is 0 Å². The lowest BCUT2D eigenvalue weighted by molar-refractivity contribution is 0.211. The summed E-state index contributed by atoms with van der Waals surface area (Å²) < 4.78 is 0. The number of aliphatic hydroxyl groups is 1. The van der Waals surface area contributed by atoms with E-state index >= 15 is 0 Å². The van der Waals surface area contributed by atoms with Gasteiger partial charge in [-0.2, -0.15) is 0 Å². The second-order valence-electron chi connectivity index (χ2n) is 4.73. The Labute approximate surface area is 88.9 Å². The number of hydrogen-bond acceptors (Lipinski definition) is 1. The third kappa shape index (κ3) is 1.55. The van der Waals surface area contributed by atoms with Crippen molar-refractivity contribution in [1.82, 2.24) is 4.98 Å². The molecule has 0 bridgehead atoms. The zero-order valence-corrected chi connectivity index (χ0v) is 8.66. The molecule has 0 saturated heterocycles. The van der Waals surface area contributed by atoms with Crippen molar-refractivity contribution in [2.24, 2.45) is 5.41 Å². The van der Waals surface area contributed by atoms with Gasteiger partial charge in [-0.15, -0.1) is 0 Å². The summed E-state index contributed by atoms with van der Waals surface area (Å²) >= 11 is 0. The van der Waals surface area contributed by atoms with E-state index in [0.717, 1.165) is 6.42 Å². The van der Waals surface area contributed by atoms with Crippen LogP contribution in [0.3, 0.4) is 0 Å². The van der Waals surface area contributed by atoms with Crippen LogP contribution in [-0.4, -0.2) is 16.7 Å². The molecule has 0 spiro atoms. The van der Waals surface area contributed by atoms with Crippen LogP contribution in [0.5, 0.6) is 0 Å². The maximum absolute atomic E-state index is 9.28. The van der Waals surface area contributed by atoms with E-state index in [-0.39, 0.29) is 5.41 Å². The Morgan fingerprint density at radius 1 is 1.27 bits per heavy atom. The molecule has 0 radical (unpaired) electrons. The minimum atomic E-state index is 0.212. The van der Waals surface area contributed by atoms with Crippen molar-refractivity contribution in [3.63, 3.8) is 0 Å². The first-order chi connectivity index (χ1) is 7.31. The van der Waals surface area contributed by atoms with Crippen molar-refractivity contribution in [1.29, 1.82) is 0 Å². The normalized spacial score (nSPS) is 18.2. The molecule has 1 heterocycles. The fraction of sp³-hybridized carbons (Fsp3) is 0.385. The lowest BCUT2D eigenvalue weighted by Gasteiger charge is -2.11. The Morgan fingerprint density at radius 2 is 2.13 bits per heavy atom. The molecule has 3 rings (SSSR count). The van der Waals surface area contributed by atoms with Gasteiger partial charge in [-0.25, -0.2) is 0 Å². The maximum atomic E-state index is 9.28. The molecular weight excluding hydrogens is 186 g/mol. The molecule has 1 aliphatic rings. The van der Waals surface area contributed by atoms with E-state index in [0.29, 0.717) is 6.61 Å². The number of rotatable bonds is 3. The van der Waals surface area contributed by atoms with Gasteiger partial charge in [0.2, 0.25) is 0 Å². The number of hydrogen-bond donors (Lipinski definition) is 2. The van der Waals surface area contributed by atoms with Crippen LogP contribution in [0.4, 0.5) is 0 Å². The molecule has 78 valence electrons. The molecule has 0 atom stereocenters.